The number of non-ortho nitro benzene ring substituents is 1. The van der Waals surface area contributed by atoms with Crippen LogP contribution in [0.1, 0.15) is 31.4 Å². The van der Waals surface area contributed by atoms with Gasteiger partial charge < -0.3 is 9.84 Å². The number of carboxylic acids is 1. The summed E-state index contributed by atoms with van der Waals surface area (Å²) in [4.78, 5) is 21.1. The van der Waals surface area contributed by atoms with Gasteiger partial charge in [0.1, 0.15) is 5.75 Å². The predicted octanol–water partition coefficient (Wildman–Crippen LogP) is 2.88. The summed E-state index contributed by atoms with van der Waals surface area (Å²) < 4.78 is 33.0. The van der Waals surface area contributed by atoms with Crippen LogP contribution >= 0.6 is 0 Å². The molecule has 0 heterocycles. The van der Waals surface area contributed by atoms with Crippen LogP contribution in [0, 0.1) is 10.1 Å². The van der Waals surface area contributed by atoms with E-state index in [9.17, 15) is 23.3 Å². The van der Waals surface area contributed by atoms with Crippen molar-refractivity contribution in [1.29, 1.82) is 0 Å². The third-order valence-electron chi connectivity index (χ3n) is 3.79. The van der Waals surface area contributed by atoms with E-state index in [1.54, 1.807) is 24.3 Å². The van der Waals surface area contributed by atoms with E-state index in [1.165, 1.54) is 0 Å². The van der Waals surface area contributed by atoms with E-state index in [-0.39, 0.29) is 10.6 Å². The number of carboxylic acid groups (broad SMARTS) is 1. The Morgan fingerprint density at radius 1 is 1.18 bits per heavy atom. The number of nitro benzene ring substituents is 1. The van der Waals surface area contributed by atoms with Gasteiger partial charge >= 0.3 is 5.97 Å². The Labute approximate surface area is 162 Å². The van der Waals surface area contributed by atoms with Gasteiger partial charge in [0.2, 0.25) is 10.0 Å². The first-order valence-electron chi connectivity index (χ1n) is 8.44. The molecule has 150 valence electrons. The van der Waals surface area contributed by atoms with E-state index >= 15 is 0 Å². The Balaban J connectivity index is 2.25. The van der Waals surface area contributed by atoms with Crippen LogP contribution in [0.5, 0.6) is 5.75 Å². The molecule has 0 spiro atoms. The highest BCUT2D eigenvalue weighted by Crippen LogP contribution is 2.24. The topological polar surface area (TPSA) is 136 Å². The molecule has 0 aliphatic carbocycles. The summed E-state index contributed by atoms with van der Waals surface area (Å²) in [5, 5.41) is 19.9. The second-order valence-corrected chi connectivity index (χ2v) is 7.65. The lowest BCUT2D eigenvalue weighted by Crippen LogP contribution is -2.30. The van der Waals surface area contributed by atoms with Crippen molar-refractivity contribution in [1.82, 2.24) is 4.72 Å². The normalized spacial score (nSPS) is 12.3. The molecule has 28 heavy (non-hydrogen) atoms. The van der Waals surface area contributed by atoms with E-state index in [0.717, 1.165) is 30.7 Å². The molecular weight excluding hydrogens is 388 g/mol. The van der Waals surface area contributed by atoms with Gasteiger partial charge in [-0.2, -0.15) is 0 Å². The maximum Gasteiger partial charge on any atom is 0.305 e. The minimum absolute atomic E-state index is 0.198. The Bertz CT molecular complexity index is 925. The van der Waals surface area contributed by atoms with Gasteiger partial charge in [0.25, 0.3) is 5.69 Å². The first-order chi connectivity index (χ1) is 13.2. The van der Waals surface area contributed by atoms with Crippen LogP contribution in [-0.2, 0) is 14.8 Å². The van der Waals surface area contributed by atoms with Gasteiger partial charge in [-0.25, -0.2) is 13.1 Å². The zero-order chi connectivity index (χ0) is 20.7. The van der Waals surface area contributed by atoms with Crippen molar-refractivity contribution in [2.75, 3.05) is 6.61 Å². The van der Waals surface area contributed by atoms with Gasteiger partial charge in [0.15, 0.2) is 0 Å². The lowest BCUT2D eigenvalue weighted by atomic mass is 10.0. The number of sulfonamides is 1. The number of aliphatic carboxylic acids is 1. The second kappa shape index (κ2) is 9.29. The summed E-state index contributed by atoms with van der Waals surface area (Å²) in [6.07, 6.45) is 0.361. The number of nitrogens with zero attached hydrogens (tertiary/aromatic N) is 1. The molecule has 0 aromatic heterocycles. The maximum atomic E-state index is 12.6. The predicted molar refractivity (Wildman–Crippen MR) is 101 cm³/mol. The van der Waals surface area contributed by atoms with E-state index < -0.39 is 33.4 Å². The third kappa shape index (κ3) is 5.76. The minimum Gasteiger partial charge on any atom is -0.494 e. The van der Waals surface area contributed by atoms with E-state index in [0.29, 0.717) is 17.9 Å². The van der Waals surface area contributed by atoms with Gasteiger partial charge in [-0.1, -0.05) is 19.1 Å². The summed E-state index contributed by atoms with van der Waals surface area (Å²) >= 11 is 0. The van der Waals surface area contributed by atoms with Crippen LogP contribution < -0.4 is 9.46 Å². The van der Waals surface area contributed by atoms with Gasteiger partial charge in [-0.15, -0.1) is 0 Å². The molecule has 0 bridgehead atoms. The number of hydrogen-bond donors (Lipinski definition) is 2. The Kier molecular flexibility index (Phi) is 7.07. The Morgan fingerprint density at radius 3 is 2.29 bits per heavy atom. The van der Waals surface area contributed by atoms with Crippen molar-refractivity contribution < 1.29 is 28.0 Å². The number of hydrogen-bond acceptors (Lipinski definition) is 6. The fourth-order valence-electron chi connectivity index (χ4n) is 2.42. The van der Waals surface area contributed by atoms with Crippen molar-refractivity contribution in [3.05, 3.63) is 64.2 Å². The van der Waals surface area contributed by atoms with Crippen LogP contribution in [0.25, 0.3) is 0 Å². The van der Waals surface area contributed by atoms with Gasteiger partial charge in [-0.05, 0) is 36.2 Å². The molecule has 10 heteroatoms. The van der Waals surface area contributed by atoms with Crippen LogP contribution in [0.4, 0.5) is 5.69 Å². The number of rotatable bonds is 10. The second-order valence-electron chi connectivity index (χ2n) is 5.94. The van der Waals surface area contributed by atoms with Crippen molar-refractivity contribution >= 4 is 21.7 Å². The fourth-order valence-corrected chi connectivity index (χ4v) is 3.65. The lowest BCUT2D eigenvalue weighted by Gasteiger charge is -2.18. The molecule has 0 fully saturated rings. The summed E-state index contributed by atoms with van der Waals surface area (Å²) in [7, 11) is -4.09. The molecule has 9 nitrogen and oxygen atoms in total. The SMILES string of the molecule is CCCOc1ccc(C(CC(=O)O)NS(=O)(=O)c2ccc([N+](=O)[O-])cc2)cc1. The lowest BCUT2D eigenvalue weighted by molar-refractivity contribution is -0.384. The highest BCUT2D eigenvalue weighted by molar-refractivity contribution is 7.89. The van der Waals surface area contributed by atoms with Crippen LogP contribution in [-0.4, -0.2) is 31.0 Å². The number of benzene rings is 2. The van der Waals surface area contributed by atoms with E-state index in [4.69, 9.17) is 9.84 Å². The van der Waals surface area contributed by atoms with Gasteiger partial charge in [0, 0.05) is 12.1 Å². The van der Waals surface area contributed by atoms with Crippen molar-refractivity contribution in [2.45, 2.75) is 30.7 Å². The number of nitro groups is 1. The summed E-state index contributed by atoms with van der Waals surface area (Å²) in [6.45, 7) is 2.49. The molecular formula is C18H20N2O7S. The molecule has 0 amide bonds. The third-order valence-corrected chi connectivity index (χ3v) is 5.28. The van der Waals surface area contributed by atoms with Gasteiger partial charge in [-0.3, -0.25) is 14.9 Å². The Morgan fingerprint density at radius 2 is 1.79 bits per heavy atom. The molecule has 0 aliphatic heterocycles. The molecule has 2 rings (SSSR count). The minimum atomic E-state index is -4.09. The number of nitrogens with one attached hydrogen (secondary N) is 1. The van der Waals surface area contributed by atoms with Crippen LogP contribution in [0.2, 0.25) is 0 Å². The monoisotopic (exact) mass is 408 g/mol. The van der Waals surface area contributed by atoms with Gasteiger partial charge in [0.05, 0.1) is 28.9 Å². The molecule has 1 unspecified atom stereocenters. The molecule has 0 aliphatic rings. The van der Waals surface area contributed by atoms with Crippen molar-refractivity contribution in [3.63, 3.8) is 0 Å². The van der Waals surface area contributed by atoms with Crippen LogP contribution in [0.15, 0.2) is 53.4 Å². The van der Waals surface area contributed by atoms with E-state index in [1.807, 2.05) is 6.92 Å². The standard InChI is InChI=1S/C18H20N2O7S/c1-2-11-27-15-7-3-13(4-8-15)17(12-18(21)22)19-28(25,26)16-9-5-14(6-10-16)20(23)24/h3-10,17,19H,2,11-12H2,1H3,(H,21,22). The summed E-state index contributed by atoms with van der Waals surface area (Å²) in [6, 6.07) is 9.78. The maximum absolute atomic E-state index is 12.6. The molecule has 0 saturated heterocycles. The number of ether oxygens (including phenoxy) is 1. The molecule has 2 aromatic rings. The highest BCUT2D eigenvalue weighted by Gasteiger charge is 2.24. The zero-order valence-corrected chi connectivity index (χ0v) is 15.9. The zero-order valence-electron chi connectivity index (χ0n) is 15.1. The van der Waals surface area contributed by atoms with Crippen molar-refractivity contribution in [3.8, 4) is 5.75 Å². The first kappa shape index (κ1) is 21.3. The molecule has 2 aromatic carbocycles. The summed E-state index contributed by atoms with van der Waals surface area (Å²) in [5.74, 6) is -0.583. The average molecular weight is 408 g/mol. The quantitative estimate of drug-likeness (QED) is 0.456. The van der Waals surface area contributed by atoms with E-state index in [2.05, 4.69) is 4.72 Å². The molecule has 2 N–H and O–H groups in total. The molecule has 1 atom stereocenters. The molecule has 0 radical (unpaired) electrons. The molecule has 0 saturated carbocycles. The number of carbonyl (C=O) groups is 1. The smallest absolute Gasteiger partial charge is 0.305 e. The Hall–Kier alpha value is -2.98. The van der Waals surface area contributed by atoms with Crippen LogP contribution in [0.3, 0.4) is 0 Å². The first-order valence-corrected chi connectivity index (χ1v) is 9.92. The largest absolute Gasteiger partial charge is 0.494 e. The summed E-state index contributed by atoms with van der Waals surface area (Å²) in [5.41, 5.74) is 0.209. The average Bonchev–Trinajstić information content (AvgIpc) is 2.66. The highest BCUT2D eigenvalue weighted by atomic mass is 32.2. The fraction of sp³-hybridized carbons (Fsp3) is 0.278. The van der Waals surface area contributed by atoms with Crippen molar-refractivity contribution in [2.24, 2.45) is 0 Å².